The highest BCUT2D eigenvalue weighted by Crippen LogP contribution is 2.59. The van der Waals surface area contributed by atoms with Crippen molar-refractivity contribution >= 4 is 27.8 Å². The number of hydrogen-bond acceptors (Lipinski definition) is 3. The summed E-state index contributed by atoms with van der Waals surface area (Å²) in [5.41, 5.74) is 0. The lowest BCUT2D eigenvalue weighted by Crippen LogP contribution is -2.43. The minimum atomic E-state index is -0.226. The number of esters is 1. The molecule has 1 N–H and O–H groups in total. The van der Waals surface area contributed by atoms with E-state index in [-0.39, 0.29) is 46.5 Å². The number of nitrogens with one attached hydrogen (secondary N) is 1. The summed E-state index contributed by atoms with van der Waals surface area (Å²) >= 11 is 3.58. The van der Waals surface area contributed by atoms with Gasteiger partial charge in [0.05, 0.1) is 16.7 Å². The van der Waals surface area contributed by atoms with Gasteiger partial charge in [-0.1, -0.05) is 22.0 Å². The van der Waals surface area contributed by atoms with Crippen LogP contribution >= 0.6 is 15.9 Å². The zero-order valence-corrected chi connectivity index (χ0v) is 10.9. The third kappa shape index (κ3) is 1.41. The Balaban J connectivity index is 1.84. The Bertz CT molecular complexity index is 397. The van der Waals surface area contributed by atoms with Crippen LogP contribution in [-0.4, -0.2) is 29.4 Å². The van der Waals surface area contributed by atoms with Crippen molar-refractivity contribution < 1.29 is 14.3 Å². The predicted molar refractivity (Wildman–Crippen MR) is 64.4 cm³/mol. The molecule has 3 aliphatic rings. The van der Waals surface area contributed by atoms with Crippen molar-refractivity contribution in [3.63, 3.8) is 0 Å². The lowest BCUT2D eigenvalue weighted by atomic mass is 9.79. The Morgan fingerprint density at radius 1 is 1.59 bits per heavy atom. The number of carbonyl (C=O) groups excluding carboxylic acids is 2. The zero-order chi connectivity index (χ0) is 12.2. The number of rotatable bonds is 3. The van der Waals surface area contributed by atoms with E-state index in [2.05, 4.69) is 27.8 Å². The first-order chi connectivity index (χ1) is 8.15. The van der Waals surface area contributed by atoms with Crippen LogP contribution in [0.3, 0.4) is 0 Å². The van der Waals surface area contributed by atoms with Gasteiger partial charge in [-0.2, -0.15) is 0 Å². The maximum absolute atomic E-state index is 12.1. The van der Waals surface area contributed by atoms with Gasteiger partial charge in [0.25, 0.3) is 0 Å². The van der Waals surface area contributed by atoms with Crippen molar-refractivity contribution in [3.05, 3.63) is 12.7 Å². The van der Waals surface area contributed by atoms with Crippen LogP contribution in [0.15, 0.2) is 12.7 Å². The standard InChI is InChI=1S/C12H14BrNO3/c1-2-3-14-11(15)7-5-4-6-8(7)12(16)17-10(6)9(5)13/h2,5-10H,1,3-4H2,(H,14,15). The molecule has 0 aromatic carbocycles. The zero-order valence-electron chi connectivity index (χ0n) is 9.27. The highest BCUT2D eigenvalue weighted by molar-refractivity contribution is 9.09. The average Bonchev–Trinajstić information content (AvgIpc) is 2.89. The molecule has 4 nitrogen and oxygen atoms in total. The quantitative estimate of drug-likeness (QED) is 0.478. The molecule has 2 saturated carbocycles. The second-order valence-electron chi connectivity index (χ2n) is 4.99. The van der Waals surface area contributed by atoms with E-state index in [0.29, 0.717) is 6.54 Å². The summed E-state index contributed by atoms with van der Waals surface area (Å²) in [7, 11) is 0. The maximum atomic E-state index is 12.1. The van der Waals surface area contributed by atoms with E-state index in [1.165, 1.54) is 0 Å². The molecule has 0 radical (unpaired) electrons. The number of amides is 1. The summed E-state index contributed by atoms with van der Waals surface area (Å²) in [6, 6.07) is 0. The van der Waals surface area contributed by atoms with Crippen LogP contribution in [0.25, 0.3) is 0 Å². The molecule has 1 aliphatic heterocycles. The Morgan fingerprint density at radius 3 is 3.06 bits per heavy atom. The Hall–Kier alpha value is -0.840. The first-order valence-electron chi connectivity index (χ1n) is 5.88. The van der Waals surface area contributed by atoms with Crippen molar-refractivity contribution in [1.29, 1.82) is 0 Å². The fourth-order valence-electron chi connectivity index (χ4n) is 3.62. The SMILES string of the molecule is C=CCNC(=O)C1C2CC3C(OC(=O)C31)C2Br. The fraction of sp³-hybridized carbons (Fsp3) is 0.667. The highest BCUT2D eigenvalue weighted by atomic mass is 79.9. The first-order valence-corrected chi connectivity index (χ1v) is 6.80. The Labute approximate surface area is 108 Å². The first kappa shape index (κ1) is 11.3. The molecule has 6 atom stereocenters. The van der Waals surface area contributed by atoms with Crippen molar-refractivity contribution in [1.82, 2.24) is 5.32 Å². The molecule has 5 heteroatoms. The van der Waals surface area contributed by atoms with Crippen molar-refractivity contribution in [2.45, 2.75) is 17.4 Å². The molecule has 2 bridgehead atoms. The van der Waals surface area contributed by atoms with Crippen LogP contribution in [0, 0.1) is 23.7 Å². The second-order valence-corrected chi connectivity index (χ2v) is 6.05. The maximum Gasteiger partial charge on any atom is 0.310 e. The summed E-state index contributed by atoms with van der Waals surface area (Å²) in [4.78, 5) is 24.0. The molecule has 1 amide bonds. The number of ether oxygens (including phenoxy) is 1. The topological polar surface area (TPSA) is 55.4 Å². The van der Waals surface area contributed by atoms with E-state index in [1.54, 1.807) is 6.08 Å². The number of alkyl halides is 1. The molecule has 17 heavy (non-hydrogen) atoms. The number of fused-ring (bicyclic) bond motifs is 1. The lowest BCUT2D eigenvalue weighted by molar-refractivity contribution is -0.145. The van der Waals surface area contributed by atoms with Gasteiger partial charge in [-0.25, -0.2) is 0 Å². The van der Waals surface area contributed by atoms with Crippen LogP contribution in [-0.2, 0) is 14.3 Å². The van der Waals surface area contributed by atoms with Crippen LogP contribution < -0.4 is 5.32 Å². The Kier molecular flexibility index (Phi) is 2.54. The normalized spacial score (nSPS) is 45.8. The molecule has 0 spiro atoms. The fourth-order valence-corrected chi connectivity index (χ4v) is 4.67. The molecule has 1 saturated heterocycles. The molecule has 3 fully saturated rings. The molecule has 92 valence electrons. The van der Waals surface area contributed by atoms with Gasteiger partial charge in [0.2, 0.25) is 5.91 Å². The van der Waals surface area contributed by atoms with E-state index in [1.807, 2.05) is 0 Å². The summed E-state index contributed by atoms with van der Waals surface area (Å²) in [5.74, 6) is -0.214. The van der Waals surface area contributed by atoms with E-state index in [4.69, 9.17) is 4.74 Å². The summed E-state index contributed by atoms with van der Waals surface area (Å²) in [6.07, 6.45) is 2.55. The summed E-state index contributed by atoms with van der Waals surface area (Å²) in [5, 5.41) is 2.80. The molecular weight excluding hydrogens is 286 g/mol. The lowest BCUT2D eigenvalue weighted by Gasteiger charge is -2.27. The van der Waals surface area contributed by atoms with Crippen LogP contribution in [0.1, 0.15) is 6.42 Å². The molecular formula is C12H14BrNO3. The second kappa shape index (κ2) is 3.83. The van der Waals surface area contributed by atoms with E-state index < -0.39 is 0 Å². The minimum absolute atomic E-state index is 0.0130. The molecule has 3 rings (SSSR count). The van der Waals surface area contributed by atoms with Gasteiger partial charge in [0, 0.05) is 12.5 Å². The minimum Gasteiger partial charge on any atom is -0.461 e. The molecule has 0 aromatic rings. The summed E-state index contributed by atoms with van der Waals surface area (Å²) < 4.78 is 5.35. The number of halogens is 1. The van der Waals surface area contributed by atoms with E-state index >= 15 is 0 Å². The van der Waals surface area contributed by atoms with E-state index in [9.17, 15) is 9.59 Å². The third-order valence-electron chi connectivity index (χ3n) is 4.25. The predicted octanol–water partition coefficient (Wildman–Crippen LogP) is 0.860. The smallest absolute Gasteiger partial charge is 0.310 e. The molecule has 2 aliphatic carbocycles. The van der Waals surface area contributed by atoms with Crippen LogP contribution in [0.4, 0.5) is 0 Å². The van der Waals surface area contributed by atoms with Crippen molar-refractivity contribution in [2.75, 3.05) is 6.54 Å². The molecule has 0 aromatic heterocycles. The van der Waals surface area contributed by atoms with E-state index in [0.717, 1.165) is 6.42 Å². The van der Waals surface area contributed by atoms with Gasteiger partial charge in [0.15, 0.2) is 0 Å². The number of hydrogen-bond donors (Lipinski definition) is 1. The Morgan fingerprint density at radius 2 is 2.35 bits per heavy atom. The van der Waals surface area contributed by atoms with Gasteiger partial charge in [-0.3, -0.25) is 9.59 Å². The largest absolute Gasteiger partial charge is 0.461 e. The monoisotopic (exact) mass is 299 g/mol. The highest BCUT2D eigenvalue weighted by Gasteiger charge is 2.67. The van der Waals surface area contributed by atoms with Crippen LogP contribution in [0.5, 0.6) is 0 Å². The van der Waals surface area contributed by atoms with Gasteiger partial charge < -0.3 is 10.1 Å². The van der Waals surface area contributed by atoms with Crippen LogP contribution in [0.2, 0.25) is 0 Å². The average molecular weight is 300 g/mol. The number of carbonyl (C=O) groups is 2. The molecule has 6 unspecified atom stereocenters. The summed E-state index contributed by atoms with van der Waals surface area (Å²) in [6.45, 7) is 4.02. The third-order valence-corrected chi connectivity index (χ3v) is 5.45. The van der Waals surface area contributed by atoms with Crippen molar-refractivity contribution in [3.8, 4) is 0 Å². The van der Waals surface area contributed by atoms with Crippen molar-refractivity contribution in [2.24, 2.45) is 23.7 Å². The van der Waals surface area contributed by atoms with Gasteiger partial charge in [-0.15, -0.1) is 6.58 Å². The van der Waals surface area contributed by atoms with Gasteiger partial charge in [0.1, 0.15) is 6.10 Å². The molecule has 1 heterocycles. The van der Waals surface area contributed by atoms with Gasteiger partial charge >= 0.3 is 5.97 Å². The van der Waals surface area contributed by atoms with Gasteiger partial charge in [-0.05, 0) is 12.3 Å².